The van der Waals surface area contributed by atoms with E-state index in [1.807, 2.05) is 0 Å². The molecule has 13 heteroatoms. The van der Waals surface area contributed by atoms with Gasteiger partial charge in [-0.1, -0.05) is 12.1 Å². The summed E-state index contributed by atoms with van der Waals surface area (Å²) < 4.78 is 79.5. The third kappa shape index (κ3) is 3.97. The zero-order valence-corrected chi connectivity index (χ0v) is 20.4. The molecule has 0 amide bonds. The number of carbonyl (C=O) groups is 1. The van der Waals surface area contributed by atoms with Crippen molar-refractivity contribution in [2.24, 2.45) is 7.05 Å². The van der Waals surface area contributed by atoms with Crippen LogP contribution in [0.2, 0.25) is 0 Å². The van der Waals surface area contributed by atoms with Crippen LogP contribution in [0.1, 0.15) is 21.7 Å². The number of methoxy groups -OCH3 is 1. The van der Waals surface area contributed by atoms with Gasteiger partial charge < -0.3 is 9.30 Å². The van der Waals surface area contributed by atoms with Crippen molar-refractivity contribution in [2.45, 2.75) is 13.1 Å². The van der Waals surface area contributed by atoms with E-state index in [4.69, 9.17) is 4.74 Å². The standard InChI is InChI=1S/C26H17F5N4O4/c1-12-32-22-20(33(12)2)11-16(26(29,30)31)21(24(22)39-3)15-5-4-6-19-14(15)7-8-34(19)25(36)13-9-17(27)23(35(37)38)18(28)10-13/h4-11H,1-3H3. The number of benzene rings is 3. The van der Waals surface area contributed by atoms with Gasteiger partial charge >= 0.3 is 11.9 Å². The first kappa shape index (κ1) is 25.8. The minimum atomic E-state index is -4.79. The Balaban J connectivity index is 1.76. The number of aromatic nitrogens is 3. The zero-order valence-electron chi connectivity index (χ0n) is 20.4. The summed E-state index contributed by atoms with van der Waals surface area (Å²) in [6, 6.07) is 7.72. The third-order valence-corrected chi connectivity index (χ3v) is 6.53. The highest BCUT2D eigenvalue weighted by Crippen LogP contribution is 2.47. The zero-order chi connectivity index (χ0) is 28.4. The maximum absolute atomic E-state index is 14.4. The molecule has 0 saturated heterocycles. The minimum Gasteiger partial charge on any atom is -0.494 e. The van der Waals surface area contributed by atoms with Gasteiger partial charge in [0.1, 0.15) is 11.3 Å². The van der Waals surface area contributed by atoms with E-state index in [-0.39, 0.29) is 38.8 Å². The molecule has 200 valence electrons. The lowest BCUT2D eigenvalue weighted by atomic mass is 9.94. The molecule has 5 rings (SSSR count). The number of rotatable bonds is 4. The number of nitrogens with zero attached hydrogens (tertiary/aromatic N) is 4. The van der Waals surface area contributed by atoms with Crippen LogP contribution in [-0.2, 0) is 13.2 Å². The maximum Gasteiger partial charge on any atom is 0.417 e. The Morgan fingerprint density at radius 2 is 1.74 bits per heavy atom. The predicted octanol–water partition coefficient (Wildman–Crippen LogP) is 6.41. The summed E-state index contributed by atoms with van der Waals surface area (Å²) >= 11 is 0. The number of fused-ring (bicyclic) bond motifs is 2. The lowest BCUT2D eigenvalue weighted by Crippen LogP contribution is -2.12. The number of nitro benzene ring substituents is 1. The molecule has 3 aromatic carbocycles. The quantitative estimate of drug-likeness (QED) is 0.148. The molecule has 0 fully saturated rings. The van der Waals surface area contributed by atoms with Gasteiger partial charge in [-0.3, -0.25) is 19.5 Å². The second kappa shape index (κ2) is 8.89. The van der Waals surface area contributed by atoms with E-state index in [2.05, 4.69) is 4.98 Å². The number of halogens is 5. The van der Waals surface area contributed by atoms with Crippen LogP contribution in [0.5, 0.6) is 5.75 Å². The number of ether oxygens (including phenoxy) is 1. The van der Waals surface area contributed by atoms with Crippen molar-refractivity contribution in [3.8, 4) is 16.9 Å². The Labute approximate surface area is 216 Å². The molecule has 0 bridgehead atoms. The SMILES string of the molecule is COc1c(-c2cccc3c2ccn3C(=O)c2cc(F)c([N+](=O)[O-])c(F)c2)c(C(F)(F)F)cc2c1nc(C)n2C. The largest absolute Gasteiger partial charge is 0.494 e. The van der Waals surface area contributed by atoms with E-state index in [1.54, 1.807) is 14.0 Å². The van der Waals surface area contributed by atoms with Crippen molar-refractivity contribution < 1.29 is 36.4 Å². The van der Waals surface area contributed by atoms with Crippen molar-refractivity contribution in [1.29, 1.82) is 0 Å². The van der Waals surface area contributed by atoms with E-state index in [9.17, 15) is 36.9 Å². The van der Waals surface area contributed by atoms with Crippen LogP contribution < -0.4 is 4.74 Å². The molecule has 8 nitrogen and oxygen atoms in total. The number of hydrogen-bond donors (Lipinski definition) is 0. The Morgan fingerprint density at radius 3 is 2.33 bits per heavy atom. The monoisotopic (exact) mass is 544 g/mol. The normalized spacial score (nSPS) is 11.9. The second-order valence-electron chi connectivity index (χ2n) is 8.69. The summed E-state index contributed by atoms with van der Waals surface area (Å²) in [7, 11) is 2.81. The van der Waals surface area contributed by atoms with Crippen LogP contribution >= 0.6 is 0 Å². The lowest BCUT2D eigenvalue weighted by molar-refractivity contribution is -0.390. The number of imidazole rings is 1. The van der Waals surface area contributed by atoms with Gasteiger partial charge in [0.2, 0.25) is 11.6 Å². The van der Waals surface area contributed by atoms with Crippen LogP contribution in [0.15, 0.2) is 48.7 Å². The van der Waals surface area contributed by atoms with E-state index in [0.29, 0.717) is 18.0 Å². The summed E-state index contributed by atoms with van der Waals surface area (Å²) in [6.45, 7) is 1.64. The van der Waals surface area contributed by atoms with Crippen LogP contribution in [0.25, 0.3) is 33.1 Å². The topological polar surface area (TPSA) is 92.2 Å². The molecule has 0 radical (unpaired) electrons. The number of alkyl halides is 3. The molecular formula is C26H17F5N4O4. The predicted molar refractivity (Wildman–Crippen MR) is 131 cm³/mol. The summed E-state index contributed by atoms with van der Waals surface area (Å²) in [5.74, 6) is -3.69. The highest BCUT2D eigenvalue weighted by atomic mass is 19.4. The van der Waals surface area contributed by atoms with Gasteiger partial charge in [-0.15, -0.1) is 0 Å². The molecule has 2 aromatic heterocycles. The first-order chi connectivity index (χ1) is 18.3. The molecule has 2 heterocycles. The molecule has 0 atom stereocenters. The average molecular weight is 544 g/mol. The highest BCUT2D eigenvalue weighted by molar-refractivity contribution is 6.07. The molecule has 0 spiro atoms. The first-order valence-corrected chi connectivity index (χ1v) is 11.2. The van der Waals surface area contributed by atoms with Gasteiger partial charge in [-0.25, -0.2) is 4.98 Å². The van der Waals surface area contributed by atoms with E-state index in [0.717, 1.165) is 10.6 Å². The number of nitro groups is 1. The molecule has 0 aliphatic carbocycles. The highest BCUT2D eigenvalue weighted by Gasteiger charge is 2.38. The number of hydrogen-bond acceptors (Lipinski definition) is 5. The van der Waals surface area contributed by atoms with E-state index in [1.165, 1.54) is 42.1 Å². The van der Waals surface area contributed by atoms with Crippen LogP contribution in [0.4, 0.5) is 27.6 Å². The van der Waals surface area contributed by atoms with Crippen molar-refractivity contribution in [1.82, 2.24) is 14.1 Å². The molecule has 0 unspecified atom stereocenters. The fourth-order valence-electron chi connectivity index (χ4n) is 4.66. The van der Waals surface area contributed by atoms with Crippen LogP contribution in [0, 0.1) is 28.7 Å². The Morgan fingerprint density at radius 1 is 1.08 bits per heavy atom. The van der Waals surface area contributed by atoms with Crippen molar-refractivity contribution in [3.63, 3.8) is 0 Å². The molecule has 39 heavy (non-hydrogen) atoms. The van der Waals surface area contributed by atoms with Crippen molar-refractivity contribution in [2.75, 3.05) is 7.11 Å². The fourth-order valence-corrected chi connectivity index (χ4v) is 4.66. The van der Waals surface area contributed by atoms with Gasteiger partial charge in [-0.05, 0) is 42.8 Å². The summed E-state index contributed by atoms with van der Waals surface area (Å²) in [6.07, 6.45) is -3.56. The summed E-state index contributed by atoms with van der Waals surface area (Å²) in [5, 5.41) is 11.1. The average Bonchev–Trinajstić information content (AvgIpc) is 3.42. The fraction of sp³-hybridized carbons (Fsp3) is 0.154. The smallest absolute Gasteiger partial charge is 0.417 e. The Hall–Kier alpha value is -4.81. The second-order valence-corrected chi connectivity index (χ2v) is 8.69. The molecule has 0 aliphatic rings. The van der Waals surface area contributed by atoms with E-state index >= 15 is 0 Å². The van der Waals surface area contributed by atoms with Gasteiger partial charge in [0.15, 0.2) is 5.75 Å². The Bertz CT molecular complexity index is 1820. The molecule has 5 aromatic rings. The van der Waals surface area contributed by atoms with Gasteiger partial charge in [0.05, 0.1) is 28.6 Å². The van der Waals surface area contributed by atoms with Crippen molar-refractivity contribution >= 4 is 33.5 Å². The van der Waals surface area contributed by atoms with Crippen LogP contribution in [-0.4, -0.2) is 32.1 Å². The molecule has 0 aliphatic heterocycles. The lowest BCUT2D eigenvalue weighted by Gasteiger charge is -2.18. The van der Waals surface area contributed by atoms with Crippen molar-refractivity contribution in [3.05, 3.63) is 87.4 Å². The molecule has 0 N–H and O–H groups in total. The molecular weight excluding hydrogens is 527 g/mol. The minimum absolute atomic E-state index is 0.0782. The first-order valence-electron chi connectivity index (χ1n) is 11.2. The maximum atomic E-state index is 14.4. The van der Waals surface area contributed by atoms with Gasteiger partial charge in [0, 0.05) is 29.8 Å². The Kier molecular flexibility index (Phi) is 5.89. The van der Waals surface area contributed by atoms with Gasteiger partial charge in [0.25, 0.3) is 5.91 Å². The summed E-state index contributed by atoms with van der Waals surface area (Å²) in [5.41, 5.74) is -2.58. The van der Waals surface area contributed by atoms with Crippen LogP contribution in [0.3, 0.4) is 0 Å². The summed E-state index contributed by atoms with van der Waals surface area (Å²) in [4.78, 5) is 27.2. The molecule has 0 saturated carbocycles. The third-order valence-electron chi connectivity index (χ3n) is 6.53. The van der Waals surface area contributed by atoms with E-state index < -0.39 is 45.5 Å². The number of aryl methyl sites for hydroxylation is 2. The number of carbonyl (C=O) groups excluding carboxylic acids is 1. The van der Waals surface area contributed by atoms with Gasteiger partial charge in [-0.2, -0.15) is 22.0 Å².